The lowest BCUT2D eigenvalue weighted by molar-refractivity contribution is 0.0931. The second-order valence-electron chi connectivity index (χ2n) is 11.8. The minimum Gasteiger partial charge on any atom is -0.348 e. The van der Waals surface area contributed by atoms with Gasteiger partial charge < -0.3 is 35.3 Å². The molecule has 4 N–H and O–H groups in total. The SMILES string of the molecule is Cn1cc(NC(=O)c2cc3ccccc3cn2)cc1C(=O)Nc1ccc(C(=O)Nc2cn(C)c(C(=O)NCCN3CCCCC3)n2)cc1. The molecule has 1 aliphatic rings. The Morgan fingerprint density at radius 3 is 2.23 bits per heavy atom. The van der Waals surface area contributed by atoms with E-state index in [1.54, 1.807) is 78.2 Å². The van der Waals surface area contributed by atoms with E-state index in [9.17, 15) is 19.2 Å². The molecule has 13 heteroatoms. The smallest absolute Gasteiger partial charge is 0.287 e. The first-order valence-corrected chi connectivity index (χ1v) is 15.8. The van der Waals surface area contributed by atoms with Crippen LogP contribution in [0.1, 0.15) is 61.2 Å². The fourth-order valence-electron chi connectivity index (χ4n) is 5.68. The molecule has 1 fully saturated rings. The van der Waals surface area contributed by atoms with Gasteiger partial charge in [0.2, 0.25) is 5.82 Å². The quantitative estimate of drug-likeness (QED) is 0.176. The molecule has 0 atom stereocenters. The van der Waals surface area contributed by atoms with Crippen LogP contribution in [-0.2, 0) is 14.1 Å². The number of carbonyl (C=O) groups is 4. The maximum atomic E-state index is 13.1. The zero-order valence-corrected chi connectivity index (χ0v) is 26.8. The highest BCUT2D eigenvalue weighted by atomic mass is 16.2. The molecule has 1 aliphatic heterocycles. The zero-order chi connectivity index (χ0) is 33.6. The number of anilines is 3. The minimum atomic E-state index is -0.410. The molecule has 0 radical (unpaired) electrons. The maximum absolute atomic E-state index is 13.1. The molecule has 0 aliphatic carbocycles. The topological polar surface area (TPSA) is 155 Å². The van der Waals surface area contributed by atoms with Crippen molar-refractivity contribution in [1.82, 2.24) is 29.3 Å². The predicted octanol–water partition coefficient (Wildman–Crippen LogP) is 4.28. The summed E-state index contributed by atoms with van der Waals surface area (Å²) in [7, 11) is 3.40. The van der Waals surface area contributed by atoms with E-state index in [0.717, 1.165) is 30.4 Å². The summed E-state index contributed by atoms with van der Waals surface area (Å²) >= 11 is 0. The van der Waals surface area contributed by atoms with E-state index in [1.807, 2.05) is 24.3 Å². The van der Waals surface area contributed by atoms with Crippen molar-refractivity contribution in [2.24, 2.45) is 14.1 Å². The molecule has 5 aromatic rings. The third-order valence-electron chi connectivity index (χ3n) is 8.25. The van der Waals surface area contributed by atoms with Crippen LogP contribution in [0.4, 0.5) is 17.2 Å². The van der Waals surface area contributed by atoms with Gasteiger partial charge in [-0.2, -0.15) is 0 Å². The molecule has 2 aromatic carbocycles. The van der Waals surface area contributed by atoms with Gasteiger partial charge in [0.1, 0.15) is 11.4 Å². The van der Waals surface area contributed by atoms with Crippen molar-refractivity contribution in [3.05, 3.63) is 102 Å². The van der Waals surface area contributed by atoms with Crippen molar-refractivity contribution in [2.45, 2.75) is 19.3 Å². The van der Waals surface area contributed by atoms with Gasteiger partial charge >= 0.3 is 0 Å². The Labute approximate surface area is 277 Å². The van der Waals surface area contributed by atoms with Gasteiger partial charge in [0.25, 0.3) is 23.6 Å². The summed E-state index contributed by atoms with van der Waals surface area (Å²) in [4.78, 5) is 62.4. The van der Waals surface area contributed by atoms with E-state index < -0.39 is 11.8 Å². The van der Waals surface area contributed by atoms with Crippen LogP contribution in [-0.4, -0.2) is 73.8 Å². The summed E-state index contributed by atoms with van der Waals surface area (Å²) in [6.45, 7) is 3.44. The van der Waals surface area contributed by atoms with Crippen LogP contribution in [0.15, 0.2) is 79.3 Å². The summed E-state index contributed by atoms with van der Waals surface area (Å²) < 4.78 is 3.18. The molecule has 1 saturated heterocycles. The summed E-state index contributed by atoms with van der Waals surface area (Å²) in [5, 5.41) is 13.1. The number of fused-ring (bicyclic) bond motifs is 1. The van der Waals surface area contributed by atoms with E-state index in [-0.39, 0.29) is 29.2 Å². The third-order valence-corrected chi connectivity index (χ3v) is 8.25. The maximum Gasteiger partial charge on any atom is 0.287 e. The summed E-state index contributed by atoms with van der Waals surface area (Å²) in [5.41, 5.74) is 1.85. The first-order chi connectivity index (χ1) is 23.2. The van der Waals surface area contributed by atoms with E-state index in [1.165, 1.54) is 19.3 Å². The number of aryl methyl sites for hydroxylation is 2. The Balaban J connectivity index is 1.01. The molecule has 13 nitrogen and oxygen atoms in total. The summed E-state index contributed by atoms with van der Waals surface area (Å²) in [6, 6.07) is 17.3. The molecular weight excluding hydrogens is 610 g/mol. The lowest BCUT2D eigenvalue weighted by atomic mass is 10.1. The van der Waals surface area contributed by atoms with Crippen LogP contribution in [0.3, 0.4) is 0 Å². The van der Waals surface area contributed by atoms with E-state index >= 15 is 0 Å². The summed E-state index contributed by atoms with van der Waals surface area (Å²) in [5.74, 6) is -1.04. The number of nitrogens with one attached hydrogen (secondary N) is 4. The second-order valence-corrected chi connectivity index (χ2v) is 11.8. The van der Waals surface area contributed by atoms with Gasteiger partial charge in [-0.3, -0.25) is 24.2 Å². The molecule has 4 amide bonds. The number of imidazole rings is 1. The van der Waals surface area contributed by atoms with E-state index in [4.69, 9.17) is 0 Å². The Kier molecular flexibility index (Phi) is 9.57. The monoisotopic (exact) mass is 647 g/mol. The average Bonchev–Trinajstić information content (AvgIpc) is 3.65. The Morgan fingerprint density at radius 1 is 0.729 bits per heavy atom. The van der Waals surface area contributed by atoms with Gasteiger partial charge in [-0.25, -0.2) is 4.98 Å². The number of hydrogen-bond donors (Lipinski definition) is 4. The molecule has 246 valence electrons. The van der Waals surface area contributed by atoms with Crippen LogP contribution in [0.2, 0.25) is 0 Å². The van der Waals surface area contributed by atoms with E-state index in [0.29, 0.717) is 29.2 Å². The highest BCUT2D eigenvalue weighted by Gasteiger charge is 2.18. The molecule has 6 rings (SSSR count). The molecular formula is C35H37N9O4. The number of pyridine rings is 1. The van der Waals surface area contributed by atoms with Crippen molar-refractivity contribution in [1.29, 1.82) is 0 Å². The highest BCUT2D eigenvalue weighted by molar-refractivity contribution is 6.08. The van der Waals surface area contributed by atoms with Crippen LogP contribution >= 0.6 is 0 Å². The first kappa shape index (κ1) is 32.1. The number of aromatic nitrogens is 4. The highest BCUT2D eigenvalue weighted by Crippen LogP contribution is 2.19. The molecule has 0 bridgehead atoms. The minimum absolute atomic E-state index is 0.204. The lowest BCUT2D eigenvalue weighted by Gasteiger charge is -2.26. The Morgan fingerprint density at radius 2 is 1.46 bits per heavy atom. The lowest BCUT2D eigenvalue weighted by Crippen LogP contribution is -2.38. The van der Waals surface area contributed by atoms with Gasteiger partial charge in [-0.1, -0.05) is 30.7 Å². The molecule has 0 saturated carbocycles. The number of rotatable bonds is 10. The third kappa shape index (κ3) is 7.58. The van der Waals surface area contributed by atoms with Crippen molar-refractivity contribution < 1.29 is 19.2 Å². The molecule has 4 heterocycles. The standard InChI is InChI=1S/C35H37N9O4/c1-42-21-27(39-33(46)28-18-24-8-4-5-9-25(24)20-37-28)19-29(42)34(47)38-26-12-10-23(11-13-26)32(45)41-30-22-43(2)31(40-30)35(48)36-14-17-44-15-6-3-7-16-44/h4-5,8-13,18-22H,3,6-7,14-17H2,1-2H3,(H,36,48)(H,38,47)(H,39,46)(H,41,45). The fourth-order valence-corrected chi connectivity index (χ4v) is 5.68. The predicted molar refractivity (Wildman–Crippen MR) is 183 cm³/mol. The van der Waals surface area contributed by atoms with Gasteiger partial charge in [-0.15, -0.1) is 0 Å². The van der Waals surface area contributed by atoms with E-state index in [2.05, 4.69) is 36.1 Å². The van der Waals surface area contributed by atoms with Gasteiger partial charge in [-0.05, 0) is 67.7 Å². The van der Waals surface area contributed by atoms with Gasteiger partial charge in [0, 0.05) is 62.4 Å². The normalized spacial score (nSPS) is 13.2. The molecule has 0 spiro atoms. The van der Waals surface area contributed by atoms with Crippen molar-refractivity contribution in [3.63, 3.8) is 0 Å². The Bertz CT molecular complexity index is 1970. The van der Waals surface area contributed by atoms with Gasteiger partial charge in [0.05, 0.1) is 5.69 Å². The Hall–Kier alpha value is -5.82. The first-order valence-electron chi connectivity index (χ1n) is 15.8. The van der Waals surface area contributed by atoms with Crippen LogP contribution in [0.5, 0.6) is 0 Å². The fraction of sp³-hybridized carbons (Fsp3) is 0.257. The van der Waals surface area contributed by atoms with Crippen molar-refractivity contribution in [2.75, 3.05) is 42.1 Å². The van der Waals surface area contributed by atoms with Gasteiger partial charge in [0.15, 0.2) is 5.82 Å². The number of amides is 4. The van der Waals surface area contributed by atoms with Crippen LogP contribution < -0.4 is 21.3 Å². The number of likely N-dealkylation sites (tertiary alicyclic amines) is 1. The van der Waals surface area contributed by atoms with Crippen LogP contribution in [0, 0.1) is 0 Å². The van der Waals surface area contributed by atoms with Crippen LogP contribution in [0.25, 0.3) is 10.8 Å². The number of piperidine rings is 1. The number of carbonyl (C=O) groups excluding carboxylic acids is 4. The molecule has 48 heavy (non-hydrogen) atoms. The number of hydrogen-bond acceptors (Lipinski definition) is 7. The summed E-state index contributed by atoms with van der Waals surface area (Å²) in [6.07, 6.45) is 8.52. The second kappa shape index (κ2) is 14.3. The average molecular weight is 648 g/mol. The number of nitrogens with zero attached hydrogens (tertiary/aromatic N) is 5. The largest absolute Gasteiger partial charge is 0.348 e. The number of benzene rings is 2. The van der Waals surface area contributed by atoms with Crippen molar-refractivity contribution >= 4 is 51.6 Å². The molecule has 3 aromatic heterocycles. The van der Waals surface area contributed by atoms with Crippen molar-refractivity contribution in [3.8, 4) is 0 Å². The zero-order valence-electron chi connectivity index (χ0n) is 26.8. The molecule has 0 unspecified atom stereocenters.